The van der Waals surface area contributed by atoms with Gasteiger partial charge in [-0.3, -0.25) is 0 Å². The SMILES string of the molecule is CC(O)CC=CC(=O)Oc1nc2nc(n1)OC(=O)C=COC(C)CC=CC(=O)O2. The number of esters is 3. The van der Waals surface area contributed by atoms with Crippen molar-refractivity contribution in [3.8, 4) is 18.0 Å². The van der Waals surface area contributed by atoms with Crippen molar-refractivity contribution >= 4 is 17.9 Å². The molecule has 2 heterocycles. The number of fused-ring (bicyclic) bond motifs is 2. The molecular weight excluding hydrogens is 386 g/mol. The Bertz CT molecular complexity index is 799. The van der Waals surface area contributed by atoms with Gasteiger partial charge in [-0.25, -0.2) is 14.4 Å². The first kappa shape index (κ1) is 21.7. The van der Waals surface area contributed by atoms with Crippen LogP contribution in [-0.2, 0) is 19.1 Å². The number of aromatic nitrogens is 3. The summed E-state index contributed by atoms with van der Waals surface area (Å²) in [5.41, 5.74) is 0. The molecule has 2 unspecified atom stereocenters. The van der Waals surface area contributed by atoms with E-state index in [0.717, 1.165) is 24.5 Å². The number of ether oxygens (including phenoxy) is 4. The smallest absolute Gasteiger partial charge is 0.341 e. The molecule has 0 saturated heterocycles. The van der Waals surface area contributed by atoms with Crippen LogP contribution in [0.15, 0.2) is 36.6 Å². The first-order valence-corrected chi connectivity index (χ1v) is 8.56. The molecule has 0 fully saturated rings. The van der Waals surface area contributed by atoms with Gasteiger partial charge in [0.2, 0.25) is 0 Å². The van der Waals surface area contributed by atoms with Crippen molar-refractivity contribution in [2.75, 3.05) is 0 Å². The topological polar surface area (TPSA) is 147 Å². The molecule has 29 heavy (non-hydrogen) atoms. The minimum Gasteiger partial charge on any atom is -0.498 e. The average molecular weight is 405 g/mol. The zero-order valence-electron chi connectivity index (χ0n) is 15.7. The van der Waals surface area contributed by atoms with Gasteiger partial charge in [0.05, 0.1) is 24.5 Å². The predicted octanol–water partition coefficient (Wildman–Crippen LogP) is 0.794. The molecule has 1 N–H and O–H groups in total. The third kappa shape index (κ3) is 8.30. The zero-order valence-corrected chi connectivity index (χ0v) is 15.7. The molecule has 0 radical (unpaired) electrons. The number of aliphatic hydroxyl groups is 1. The van der Waals surface area contributed by atoms with E-state index in [4.69, 9.17) is 24.1 Å². The zero-order chi connectivity index (χ0) is 21.2. The van der Waals surface area contributed by atoms with Crippen LogP contribution in [0.5, 0.6) is 18.0 Å². The fourth-order valence-electron chi connectivity index (χ4n) is 1.83. The summed E-state index contributed by atoms with van der Waals surface area (Å²) in [6.07, 6.45) is 6.94. The van der Waals surface area contributed by atoms with Crippen molar-refractivity contribution in [3.63, 3.8) is 0 Å². The number of carbonyl (C=O) groups is 3. The van der Waals surface area contributed by atoms with Crippen molar-refractivity contribution in [1.82, 2.24) is 15.0 Å². The van der Waals surface area contributed by atoms with Gasteiger partial charge >= 0.3 is 35.9 Å². The molecule has 1 aliphatic rings. The highest BCUT2D eigenvalue weighted by Crippen LogP contribution is 2.16. The highest BCUT2D eigenvalue weighted by molar-refractivity contribution is 5.85. The molecule has 0 aliphatic carbocycles. The normalized spacial score (nSPS) is 18.4. The van der Waals surface area contributed by atoms with E-state index in [2.05, 4.69) is 15.0 Å². The van der Waals surface area contributed by atoms with Crippen molar-refractivity contribution in [1.29, 1.82) is 0 Å². The monoisotopic (exact) mass is 405 g/mol. The second-order valence-electron chi connectivity index (χ2n) is 5.82. The molecule has 154 valence electrons. The van der Waals surface area contributed by atoms with Crippen molar-refractivity contribution in [2.24, 2.45) is 0 Å². The standard InChI is InChI=1S/C18H19N3O8/c1-11(22)5-3-7-13(23)27-16-19-17-21-18(20-16)29-15(25)9-10-26-12(2)6-4-8-14(24)28-17/h3-4,7-12,22H,5-6H2,1-2H3. The van der Waals surface area contributed by atoms with Gasteiger partial charge in [-0.05, 0) is 20.3 Å². The molecule has 2 rings (SSSR count). The molecule has 11 heteroatoms. The molecule has 2 atom stereocenters. The van der Waals surface area contributed by atoms with Crippen LogP contribution in [0.3, 0.4) is 0 Å². The Balaban J connectivity index is 2.23. The quantitative estimate of drug-likeness (QED) is 0.560. The number of hydrogen-bond donors (Lipinski definition) is 1. The highest BCUT2D eigenvalue weighted by Gasteiger charge is 2.16. The van der Waals surface area contributed by atoms with Crippen LogP contribution in [0.4, 0.5) is 0 Å². The molecule has 11 nitrogen and oxygen atoms in total. The van der Waals surface area contributed by atoms with Crippen LogP contribution in [0.2, 0.25) is 0 Å². The van der Waals surface area contributed by atoms with E-state index < -0.39 is 42.0 Å². The fraction of sp³-hybridized carbons (Fsp3) is 0.333. The summed E-state index contributed by atoms with van der Waals surface area (Å²) >= 11 is 0. The van der Waals surface area contributed by atoms with E-state index in [-0.39, 0.29) is 12.5 Å². The van der Waals surface area contributed by atoms with E-state index in [1.807, 2.05) is 0 Å². The molecule has 0 amide bonds. The van der Waals surface area contributed by atoms with E-state index in [1.165, 1.54) is 12.2 Å². The minimum atomic E-state index is -0.873. The summed E-state index contributed by atoms with van der Waals surface area (Å²) in [6, 6.07) is -1.64. The van der Waals surface area contributed by atoms with Crippen LogP contribution in [0.25, 0.3) is 0 Å². The molecule has 0 aromatic carbocycles. The van der Waals surface area contributed by atoms with Gasteiger partial charge in [0.25, 0.3) is 0 Å². The molecule has 1 aromatic rings. The van der Waals surface area contributed by atoms with E-state index in [0.29, 0.717) is 6.42 Å². The third-order valence-electron chi connectivity index (χ3n) is 3.12. The molecule has 1 aliphatic heterocycles. The lowest BCUT2D eigenvalue weighted by Gasteiger charge is -2.09. The highest BCUT2D eigenvalue weighted by atomic mass is 16.6. The first-order valence-electron chi connectivity index (χ1n) is 8.56. The fourth-order valence-corrected chi connectivity index (χ4v) is 1.83. The van der Waals surface area contributed by atoms with Gasteiger partial charge in [-0.1, -0.05) is 12.2 Å². The van der Waals surface area contributed by atoms with E-state index in [1.54, 1.807) is 13.8 Å². The summed E-state index contributed by atoms with van der Waals surface area (Å²) in [7, 11) is 0. The van der Waals surface area contributed by atoms with Crippen molar-refractivity contribution in [3.05, 3.63) is 36.6 Å². The van der Waals surface area contributed by atoms with Gasteiger partial charge in [-0.2, -0.15) is 0 Å². The maximum absolute atomic E-state index is 11.9. The lowest BCUT2D eigenvalue weighted by atomic mass is 10.2. The first-order chi connectivity index (χ1) is 13.8. The van der Waals surface area contributed by atoms with Gasteiger partial charge in [0.15, 0.2) is 0 Å². The molecule has 1 aromatic heterocycles. The van der Waals surface area contributed by atoms with Gasteiger partial charge in [0, 0.05) is 18.6 Å². The van der Waals surface area contributed by atoms with Crippen LogP contribution < -0.4 is 14.2 Å². The Hall–Kier alpha value is -3.60. The lowest BCUT2D eigenvalue weighted by molar-refractivity contribution is -0.129. The second kappa shape index (κ2) is 10.7. The van der Waals surface area contributed by atoms with Crippen LogP contribution in [-0.4, -0.2) is 50.2 Å². The number of aliphatic hydroxyl groups excluding tert-OH is 1. The summed E-state index contributed by atoms with van der Waals surface area (Å²) in [4.78, 5) is 46.5. The number of hydrogen-bond acceptors (Lipinski definition) is 11. The van der Waals surface area contributed by atoms with Gasteiger partial charge in [-0.15, -0.1) is 15.0 Å². The van der Waals surface area contributed by atoms with Gasteiger partial charge < -0.3 is 24.1 Å². The Morgan fingerprint density at radius 3 is 2.55 bits per heavy atom. The molecule has 0 saturated carbocycles. The Labute approximate surface area is 165 Å². The lowest BCUT2D eigenvalue weighted by Crippen LogP contribution is -2.15. The molecule has 0 spiro atoms. The van der Waals surface area contributed by atoms with Gasteiger partial charge in [0.1, 0.15) is 0 Å². The van der Waals surface area contributed by atoms with E-state index >= 15 is 0 Å². The molecular formula is C18H19N3O8. The van der Waals surface area contributed by atoms with E-state index in [9.17, 15) is 14.4 Å². The summed E-state index contributed by atoms with van der Waals surface area (Å²) in [5.74, 6) is -2.53. The Morgan fingerprint density at radius 1 is 1.24 bits per heavy atom. The summed E-state index contributed by atoms with van der Waals surface area (Å²) in [5, 5.41) is 9.17. The van der Waals surface area contributed by atoms with Crippen molar-refractivity contribution < 1.29 is 38.4 Å². The van der Waals surface area contributed by atoms with Crippen LogP contribution in [0, 0.1) is 0 Å². The minimum absolute atomic E-state index is 0.234. The third-order valence-corrected chi connectivity index (χ3v) is 3.12. The Morgan fingerprint density at radius 2 is 1.90 bits per heavy atom. The second-order valence-corrected chi connectivity index (χ2v) is 5.82. The molecule has 2 bridgehead atoms. The number of nitrogens with zero attached hydrogens (tertiary/aromatic N) is 3. The summed E-state index contributed by atoms with van der Waals surface area (Å²) < 4.78 is 19.9. The average Bonchev–Trinajstić information content (AvgIpc) is 2.60. The van der Waals surface area contributed by atoms with Crippen LogP contribution >= 0.6 is 0 Å². The maximum atomic E-state index is 11.9. The predicted molar refractivity (Wildman–Crippen MR) is 95.6 cm³/mol. The summed E-state index contributed by atoms with van der Waals surface area (Å²) in [6.45, 7) is 3.29. The van der Waals surface area contributed by atoms with Crippen molar-refractivity contribution in [2.45, 2.75) is 38.9 Å². The largest absolute Gasteiger partial charge is 0.498 e. The number of carbonyl (C=O) groups excluding carboxylic acids is 3. The number of rotatable bonds is 4. The Kier molecular flexibility index (Phi) is 7.98. The van der Waals surface area contributed by atoms with Crippen LogP contribution in [0.1, 0.15) is 26.7 Å². The maximum Gasteiger partial charge on any atom is 0.341 e.